The average Bonchev–Trinajstić information content (AvgIpc) is 2.55. The van der Waals surface area contributed by atoms with E-state index in [1.54, 1.807) is 0 Å². The molecule has 2 rings (SSSR count). The maximum absolute atomic E-state index is 12.0. The predicted octanol–water partition coefficient (Wildman–Crippen LogP) is 3.95. The second-order valence-electron chi connectivity index (χ2n) is 5.54. The number of hydrogen-bond acceptors (Lipinski definition) is 2. The molecule has 0 saturated heterocycles. The number of carbonyl (C=O) groups excluding carboxylic acids is 1. The molecule has 2 aromatic rings. The van der Waals surface area contributed by atoms with Crippen molar-refractivity contribution >= 4 is 6.03 Å². The van der Waals surface area contributed by atoms with Gasteiger partial charge in [0.25, 0.3) is 0 Å². The molecule has 0 aliphatic carbocycles. The molecule has 0 bridgehead atoms. The largest absolute Gasteiger partial charge is 0.494 e. The van der Waals surface area contributed by atoms with Crippen molar-refractivity contribution in [2.75, 3.05) is 6.61 Å². The summed E-state index contributed by atoms with van der Waals surface area (Å²) in [5.41, 5.74) is 3.33. The van der Waals surface area contributed by atoms with Crippen LogP contribution in [0.4, 0.5) is 4.79 Å². The molecule has 0 radical (unpaired) electrons. The van der Waals surface area contributed by atoms with Crippen molar-refractivity contribution in [1.29, 1.82) is 0 Å². The summed E-state index contributed by atoms with van der Waals surface area (Å²) in [6.45, 7) is 7.12. The summed E-state index contributed by atoms with van der Waals surface area (Å²) in [6, 6.07) is 15.6. The van der Waals surface area contributed by atoms with E-state index >= 15 is 0 Å². The summed E-state index contributed by atoms with van der Waals surface area (Å²) >= 11 is 0. The van der Waals surface area contributed by atoms with Gasteiger partial charge >= 0.3 is 6.03 Å². The minimum atomic E-state index is -0.174. The first-order valence-corrected chi connectivity index (χ1v) is 7.91. The van der Waals surface area contributed by atoms with Gasteiger partial charge < -0.3 is 15.4 Å². The van der Waals surface area contributed by atoms with Crippen LogP contribution in [-0.4, -0.2) is 12.6 Å². The lowest BCUT2D eigenvalue weighted by Crippen LogP contribution is -2.36. The first-order valence-electron chi connectivity index (χ1n) is 7.91. The Bertz CT molecular complexity index is 621. The molecule has 2 aromatic carbocycles. The van der Waals surface area contributed by atoms with E-state index in [9.17, 15) is 4.79 Å². The lowest BCUT2D eigenvalue weighted by molar-refractivity contribution is 0.237. The highest BCUT2D eigenvalue weighted by Crippen LogP contribution is 2.17. The van der Waals surface area contributed by atoms with Crippen molar-refractivity contribution in [2.45, 2.75) is 33.4 Å². The van der Waals surface area contributed by atoms with E-state index < -0.39 is 0 Å². The zero-order valence-corrected chi connectivity index (χ0v) is 13.9. The molecule has 0 aliphatic heterocycles. The van der Waals surface area contributed by atoms with Crippen molar-refractivity contribution in [1.82, 2.24) is 10.6 Å². The molecule has 4 nitrogen and oxygen atoms in total. The van der Waals surface area contributed by atoms with Crippen LogP contribution in [0.15, 0.2) is 48.5 Å². The summed E-state index contributed by atoms with van der Waals surface area (Å²) in [6.07, 6.45) is 0. The third kappa shape index (κ3) is 5.33. The number of nitrogens with one attached hydrogen (secondary N) is 2. The Morgan fingerprint density at radius 2 is 1.74 bits per heavy atom. The van der Waals surface area contributed by atoms with E-state index in [0.29, 0.717) is 13.2 Å². The minimum Gasteiger partial charge on any atom is -0.494 e. The van der Waals surface area contributed by atoms with Crippen LogP contribution in [0.3, 0.4) is 0 Å². The van der Waals surface area contributed by atoms with E-state index in [1.165, 1.54) is 5.56 Å². The lowest BCUT2D eigenvalue weighted by Gasteiger charge is -2.15. The van der Waals surface area contributed by atoms with Crippen molar-refractivity contribution in [3.8, 4) is 5.75 Å². The maximum atomic E-state index is 12.0. The first-order chi connectivity index (χ1) is 11.1. The van der Waals surface area contributed by atoms with Gasteiger partial charge in [-0.2, -0.15) is 0 Å². The molecule has 4 heteroatoms. The fraction of sp³-hybridized carbons (Fsp3) is 0.316. The third-order valence-corrected chi connectivity index (χ3v) is 3.61. The number of urea groups is 1. The molecule has 0 saturated carbocycles. The number of hydrogen-bond donors (Lipinski definition) is 2. The van der Waals surface area contributed by atoms with Crippen LogP contribution >= 0.6 is 0 Å². The van der Waals surface area contributed by atoms with E-state index in [2.05, 4.69) is 10.6 Å². The molecular formula is C19H24N2O2. The monoisotopic (exact) mass is 312 g/mol. The van der Waals surface area contributed by atoms with Crippen LogP contribution in [-0.2, 0) is 6.54 Å². The number of amides is 2. The normalized spacial score (nSPS) is 11.6. The van der Waals surface area contributed by atoms with Crippen LogP contribution in [0.1, 0.15) is 36.6 Å². The fourth-order valence-corrected chi connectivity index (χ4v) is 2.24. The highest BCUT2D eigenvalue weighted by atomic mass is 16.5. The van der Waals surface area contributed by atoms with Crippen LogP contribution in [0.5, 0.6) is 5.75 Å². The molecular weight excluding hydrogens is 288 g/mol. The number of carbonyl (C=O) groups is 1. The minimum absolute atomic E-state index is 0.0660. The van der Waals surface area contributed by atoms with Crippen molar-refractivity contribution in [2.24, 2.45) is 0 Å². The Kier molecular flexibility index (Phi) is 6.03. The fourth-order valence-electron chi connectivity index (χ4n) is 2.24. The summed E-state index contributed by atoms with van der Waals surface area (Å²) in [4.78, 5) is 12.0. The van der Waals surface area contributed by atoms with E-state index in [0.717, 1.165) is 16.9 Å². The highest BCUT2D eigenvalue weighted by Gasteiger charge is 2.09. The van der Waals surface area contributed by atoms with Gasteiger partial charge in [-0.15, -0.1) is 0 Å². The van der Waals surface area contributed by atoms with Gasteiger partial charge in [0.1, 0.15) is 5.75 Å². The van der Waals surface area contributed by atoms with Gasteiger partial charge in [-0.1, -0.05) is 42.0 Å². The van der Waals surface area contributed by atoms with Crippen LogP contribution in [0, 0.1) is 6.92 Å². The molecule has 0 heterocycles. The van der Waals surface area contributed by atoms with Gasteiger partial charge in [-0.3, -0.25) is 0 Å². The van der Waals surface area contributed by atoms with Gasteiger partial charge in [-0.25, -0.2) is 4.79 Å². The van der Waals surface area contributed by atoms with Crippen molar-refractivity contribution < 1.29 is 9.53 Å². The number of ether oxygens (including phenoxy) is 1. The van der Waals surface area contributed by atoms with Crippen molar-refractivity contribution in [3.63, 3.8) is 0 Å². The summed E-state index contributed by atoms with van der Waals surface area (Å²) in [5, 5.41) is 5.81. The molecule has 0 fully saturated rings. The zero-order chi connectivity index (χ0) is 16.7. The maximum Gasteiger partial charge on any atom is 0.315 e. The summed E-state index contributed by atoms with van der Waals surface area (Å²) < 4.78 is 5.42. The summed E-state index contributed by atoms with van der Waals surface area (Å²) in [5.74, 6) is 0.840. The Balaban J connectivity index is 1.82. The Morgan fingerprint density at radius 3 is 2.35 bits per heavy atom. The molecule has 1 atom stereocenters. The van der Waals surface area contributed by atoms with Gasteiger partial charge in [0.2, 0.25) is 0 Å². The number of benzene rings is 2. The first kappa shape index (κ1) is 16.9. The predicted molar refractivity (Wildman–Crippen MR) is 92.6 cm³/mol. The number of aryl methyl sites for hydroxylation is 1. The van der Waals surface area contributed by atoms with Gasteiger partial charge in [-0.05, 0) is 44.0 Å². The topological polar surface area (TPSA) is 50.4 Å². The Morgan fingerprint density at radius 1 is 1.09 bits per heavy atom. The quantitative estimate of drug-likeness (QED) is 0.848. The highest BCUT2D eigenvalue weighted by molar-refractivity contribution is 5.74. The van der Waals surface area contributed by atoms with E-state index in [-0.39, 0.29) is 12.1 Å². The molecule has 2 N–H and O–H groups in total. The lowest BCUT2D eigenvalue weighted by atomic mass is 10.1. The van der Waals surface area contributed by atoms with Gasteiger partial charge in [0, 0.05) is 6.54 Å². The number of rotatable bonds is 6. The summed E-state index contributed by atoms with van der Waals surface area (Å²) in [7, 11) is 0. The van der Waals surface area contributed by atoms with Crippen molar-refractivity contribution in [3.05, 3.63) is 65.2 Å². The van der Waals surface area contributed by atoms with Crippen LogP contribution < -0.4 is 15.4 Å². The standard InChI is InChI=1S/C19H24N2O2/c1-4-23-18-11-9-17(10-12-18)15(3)21-19(22)20-13-16-7-5-14(2)6-8-16/h5-12,15H,4,13H2,1-3H3,(H2,20,21,22). The molecule has 0 aliphatic rings. The second kappa shape index (κ2) is 8.22. The Labute approximate surface area is 137 Å². The van der Waals surface area contributed by atoms with Gasteiger partial charge in [0.15, 0.2) is 0 Å². The molecule has 0 aromatic heterocycles. The molecule has 0 spiro atoms. The van der Waals surface area contributed by atoms with Gasteiger partial charge in [0.05, 0.1) is 12.6 Å². The van der Waals surface area contributed by atoms with Crippen LogP contribution in [0.2, 0.25) is 0 Å². The van der Waals surface area contributed by atoms with Crippen LogP contribution in [0.25, 0.3) is 0 Å². The van der Waals surface area contributed by atoms with E-state index in [1.807, 2.05) is 69.3 Å². The Hall–Kier alpha value is -2.49. The molecule has 2 amide bonds. The SMILES string of the molecule is CCOc1ccc(C(C)NC(=O)NCc2ccc(C)cc2)cc1. The van der Waals surface area contributed by atoms with E-state index in [4.69, 9.17) is 4.74 Å². The molecule has 23 heavy (non-hydrogen) atoms. The molecule has 122 valence electrons. The average molecular weight is 312 g/mol. The second-order valence-corrected chi connectivity index (χ2v) is 5.54. The zero-order valence-electron chi connectivity index (χ0n) is 13.9. The third-order valence-electron chi connectivity index (χ3n) is 3.61. The smallest absolute Gasteiger partial charge is 0.315 e. The molecule has 1 unspecified atom stereocenters.